The van der Waals surface area contributed by atoms with Gasteiger partial charge in [0.15, 0.2) is 5.72 Å². The summed E-state index contributed by atoms with van der Waals surface area (Å²) in [7, 11) is 1.67. The van der Waals surface area contributed by atoms with Crippen molar-refractivity contribution in [1.29, 1.82) is 0 Å². The minimum atomic E-state index is -0.584. The molecule has 0 spiro atoms. The quantitative estimate of drug-likeness (QED) is 0.703. The van der Waals surface area contributed by atoms with Crippen molar-refractivity contribution < 1.29 is 9.47 Å². The third kappa shape index (κ3) is 1.66. The van der Waals surface area contributed by atoms with E-state index < -0.39 is 5.72 Å². The van der Waals surface area contributed by atoms with E-state index in [1.54, 1.807) is 7.11 Å². The van der Waals surface area contributed by atoms with E-state index in [1.165, 1.54) is 0 Å². The van der Waals surface area contributed by atoms with Crippen molar-refractivity contribution in [1.82, 2.24) is 5.32 Å². The summed E-state index contributed by atoms with van der Waals surface area (Å²) in [6.07, 6.45) is 0. The standard InChI is InChI=1S/C11H14NO2/c1-13-11(9-14-8-7-12-11)10-5-3-2-4-6-10/h2-6H,7-9H2,1H3. The fourth-order valence-corrected chi connectivity index (χ4v) is 1.66. The lowest BCUT2D eigenvalue weighted by molar-refractivity contribution is -0.133. The fraction of sp³-hybridized carbons (Fsp3) is 0.455. The van der Waals surface area contributed by atoms with Gasteiger partial charge in [-0.25, -0.2) is 0 Å². The minimum Gasteiger partial charge on any atom is -0.375 e. The largest absolute Gasteiger partial charge is 0.375 e. The van der Waals surface area contributed by atoms with Crippen LogP contribution < -0.4 is 5.32 Å². The molecule has 2 rings (SSSR count). The highest BCUT2D eigenvalue weighted by atomic mass is 16.6. The molecular weight excluding hydrogens is 178 g/mol. The lowest BCUT2D eigenvalue weighted by Crippen LogP contribution is -2.48. The van der Waals surface area contributed by atoms with Crippen LogP contribution in [0.15, 0.2) is 30.3 Å². The third-order valence-corrected chi connectivity index (χ3v) is 2.46. The van der Waals surface area contributed by atoms with Crippen LogP contribution in [0.4, 0.5) is 0 Å². The minimum absolute atomic E-state index is 0.507. The zero-order valence-electron chi connectivity index (χ0n) is 8.27. The lowest BCUT2D eigenvalue weighted by Gasteiger charge is -2.35. The van der Waals surface area contributed by atoms with Gasteiger partial charge < -0.3 is 9.47 Å². The molecule has 1 aliphatic rings. The van der Waals surface area contributed by atoms with Crippen LogP contribution in [0.25, 0.3) is 0 Å². The van der Waals surface area contributed by atoms with Crippen molar-refractivity contribution in [3.8, 4) is 0 Å². The summed E-state index contributed by atoms with van der Waals surface area (Å²) in [6.45, 7) is 1.90. The Hall–Kier alpha value is -0.900. The Morgan fingerprint density at radius 2 is 2.14 bits per heavy atom. The molecule has 1 atom stereocenters. The first-order valence-electron chi connectivity index (χ1n) is 4.74. The zero-order chi connectivity index (χ0) is 9.86. The topological polar surface area (TPSA) is 32.6 Å². The monoisotopic (exact) mass is 192 g/mol. The molecule has 14 heavy (non-hydrogen) atoms. The second-order valence-corrected chi connectivity index (χ2v) is 3.29. The first kappa shape index (κ1) is 9.65. The van der Waals surface area contributed by atoms with Crippen molar-refractivity contribution in [2.24, 2.45) is 0 Å². The molecule has 1 aromatic carbocycles. The summed E-state index contributed by atoms with van der Waals surface area (Å²) in [5.41, 5.74) is 0.474. The number of methoxy groups -OCH3 is 1. The van der Waals surface area contributed by atoms with E-state index >= 15 is 0 Å². The molecular formula is C11H14NO2. The van der Waals surface area contributed by atoms with E-state index in [0.29, 0.717) is 19.8 Å². The molecule has 1 unspecified atom stereocenters. The molecule has 3 nitrogen and oxygen atoms in total. The maximum absolute atomic E-state index is 5.47. The van der Waals surface area contributed by atoms with Crippen molar-refractivity contribution in [3.63, 3.8) is 0 Å². The molecule has 0 bridgehead atoms. The van der Waals surface area contributed by atoms with Crippen molar-refractivity contribution in [2.45, 2.75) is 5.72 Å². The van der Waals surface area contributed by atoms with Crippen LogP contribution >= 0.6 is 0 Å². The van der Waals surface area contributed by atoms with E-state index in [4.69, 9.17) is 9.47 Å². The van der Waals surface area contributed by atoms with Gasteiger partial charge in [-0.2, -0.15) is 5.32 Å². The van der Waals surface area contributed by atoms with Gasteiger partial charge in [-0.1, -0.05) is 30.3 Å². The van der Waals surface area contributed by atoms with Gasteiger partial charge in [-0.05, 0) is 0 Å². The van der Waals surface area contributed by atoms with Crippen LogP contribution in [0.1, 0.15) is 5.56 Å². The van der Waals surface area contributed by atoms with Gasteiger partial charge in [0.25, 0.3) is 0 Å². The normalized spacial score (nSPS) is 27.5. The molecule has 0 aliphatic carbocycles. The van der Waals surface area contributed by atoms with Crippen LogP contribution in [0.2, 0.25) is 0 Å². The van der Waals surface area contributed by atoms with Gasteiger partial charge in [0.05, 0.1) is 13.2 Å². The van der Waals surface area contributed by atoms with Gasteiger partial charge in [0.1, 0.15) is 0 Å². The van der Waals surface area contributed by atoms with Crippen molar-refractivity contribution >= 4 is 0 Å². The zero-order valence-corrected chi connectivity index (χ0v) is 8.27. The molecule has 1 radical (unpaired) electrons. The molecule has 1 saturated heterocycles. The number of ether oxygens (including phenoxy) is 2. The first-order valence-corrected chi connectivity index (χ1v) is 4.74. The molecule has 1 heterocycles. The summed E-state index contributed by atoms with van der Waals surface area (Å²) >= 11 is 0. The lowest BCUT2D eigenvalue weighted by atomic mass is 10.0. The van der Waals surface area contributed by atoms with Gasteiger partial charge in [-0.15, -0.1) is 0 Å². The summed E-state index contributed by atoms with van der Waals surface area (Å²) in [5, 5.41) is 4.50. The molecule has 0 saturated carbocycles. The number of hydrogen-bond donors (Lipinski definition) is 0. The number of nitrogens with zero attached hydrogens (tertiary/aromatic N) is 1. The highest BCUT2D eigenvalue weighted by molar-refractivity contribution is 5.22. The Morgan fingerprint density at radius 1 is 1.36 bits per heavy atom. The van der Waals surface area contributed by atoms with E-state index in [2.05, 4.69) is 5.32 Å². The average Bonchev–Trinajstić information content (AvgIpc) is 2.31. The van der Waals surface area contributed by atoms with Crippen molar-refractivity contribution in [3.05, 3.63) is 35.9 Å². The SMILES string of the molecule is COC1(c2ccccc2)COCC[N]1. The number of hydrogen-bond acceptors (Lipinski definition) is 2. The number of morpholine rings is 1. The molecule has 0 amide bonds. The van der Waals surface area contributed by atoms with Crippen LogP contribution in [0.3, 0.4) is 0 Å². The summed E-state index contributed by atoms with van der Waals surface area (Å²) in [5.74, 6) is 0. The highest BCUT2D eigenvalue weighted by Crippen LogP contribution is 2.25. The first-order chi connectivity index (χ1) is 6.87. The van der Waals surface area contributed by atoms with E-state index in [-0.39, 0.29) is 0 Å². The Bertz CT molecular complexity index is 281. The Kier molecular flexibility index (Phi) is 2.82. The fourth-order valence-electron chi connectivity index (χ4n) is 1.66. The summed E-state index contributed by atoms with van der Waals surface area (Å²) in [4.78, 5) is 0. The molecule has 1 aliphatic heterocycles. The van der Waals surface area contributed by atoms with Gasteiger partial charge in [-0.3, -0.25) is 0 Å². The van der Waals surface area contributed by atoms with Gasteiger partial charge in [0.2, 0.25) is 0 Å². The van der Waals surface area contributed by atoms with E-state index in [1.807, 2.05) is 30.3 Å². The third-order valence-electron chi connectivity index (χ3n) is 2.46. The maximum Gasteiger partial charge on any atom is 0.183 e. The van der Waals surface area contributed by atoms with Crippen LogP contribution in [-0.2, 0) is 15.2 Å². The maximum atomic E-state index is 5.47. The predicted molar refractivity (Wildman–Crippen MR) is 52.9 cm³/mol. The number of benzene rings is 1. The van der Waals surface area contributed by atoms with Gasteiger partial charge >= 0.3 is 0 Å². The average molecular weight is 192 g/mol. The Labute approximate surface area is 84.0 Å². The second-order valence-electron chi connectivity index (χ2n) is 3.29. The Balaban J connectivity index is 2.27. The van der Waals surface area contributed by atoms with Crippen LogP contribution in [-0.4, -0.2) is 26.9 Å². The van der Waals surface area contributed by atoms with E-state index in [0.717, 1.165) is 5.56 Å². The molecule has 3 heteroatoms. The predicted octanol–water partition coefficient (Wildman–Crippen LogP) is 1.12. The molecule has 0 N–H and O–H groups in total. The molecule has 1 aromatic rings. The molecule has 1 fully saturated rings. The number of rotatable bonds is 2. The van der Waals surface area contributed by atoms with E-state index in [9.17, 15) is 0 Å². The van der Waals surface area contributed by atoms with Crippen LogP contribution in [0.5, 0.6) is 0 Å². The van der Waals surface area contributed by atoms with Crippen molar-refractivity contribution in [2.75, 3.05) is 26.9 Å². The smallest absolute Gasteiger partial charge is 0.183 e. The molecule has 0 aromatic heterocycles. The summed E-state index contributed by atoms with van der Waals surface area (Å²) in [6, 6.07) is 9.99. The van der Waals surface area contributed by atoms with Crippen LogP contribution in [0, 0.1) is 0 Å². The molecule has 75 valence electrons. The second kappa shape index (κ2) is 4.09. The highest BCUT2D eigenvalue weighted by Gasteiger charge is 2.35. The van der Waals surface area contributed by atoms with Gasteiger partial charge in [0, 0.05) is 19.2 Å². The summed E-state index contributed by atoms with van der Waals surface area (Å²) < 4.78 is 10.9. The Morgan fingerprint density at radius 3 is 2.71 bits per heavy atom.